The number of benzene rings is 1. The van der Waals surface area contributed by atoms with Crippen molar-refractivity contribution in [2.75, 3.05) is 32.6 Å². The highest BCUT2D eigenvalue weighted by molar-refractivity contribution is 7.88. The third kappa shape index (κ3) is 3.68. The molecule has 0 atom stereocenters. The van der Waals surface area contributed by atoms with Crippen molar-refractivity contribution in [3.8, 4) is 11.5 Å². The number of hydrogen-bond donors (Lipinski definition) is 0. The lowest BCUT2D eigenvalue weighted by molar-refractivity contribution is -0.122. The number of amides is 1. The van der Waals surface area contributed by atoms with Crippen LogP contribution in [0.15, 0.2) is 17.1 Å². The minimum absolute atomic E-state index is 0.181. The molecule has 0 aliphatic carbocycles. The number of rotatable bonds is 3. The van der Waals surface area contributed by atoms with Crippen LogP contribution in [0.3, 0.4) is 0 Å². The van der Waals surface area contributed by atoms with Gasteiger partial charge in [-0.1, -0.05) is 11.3 Å². The van der Waals surface area contributed by atoms with E-state index < -0.39 is 10.0 Å². The smallest absolute Gasteiger partial charge is 0.251 e. The molecule has 1 fully saturated rings. The molecule has 4 rings (SSSR count). The average Bonchev–Trinajstić information content (AvgIpc) is 3.01. The normalized spacial score (nSPS) is 19.3. The second kappa shape index (κ2) is 7.49. The maximum atomic E-state index is 12.7. The van der Waals surface area contributed by atoms with Crippen LogP contribution in [-0.2, 0) is 21.4 Å². The number of fused-ring (bicyclic) bond motifs is 2. The van der Waals surface area contributed by atoms with Crippen LogP contribution in [0.4, 0.5) is 0 Å². The van der Waals surface area contributed by atoms with Crippen LogP contribution in [-0.4, -0.2) is 55.8 Å². The van der Waals surface area contributed by atoms with Crippen LogP contribution in [0, 0.1) is 5.92 Å². The minimum atomic E-state index is -3.20. The Morgan fingerprint density at radius 2 is 1.86 bits per heavy atom. The molecule has 1 saturated heterocycles. The summed E-state index contributed by atoms with van der Waals surface area (Å²) in [5, 5.41) is 0. The molecule has 0 unspecified atom stereocenters. The van der Waals surface area contributed by atoms with E-state index in [0.717, 1.165) is 10.2 Å². The summed E-state index contributed by atoms with van der Waals surface area (Å²) in [5.74, 6) is 1.01. The van der Waals surface area contributed by atoms with Crippen molar-refractivity contribution in [2.24, 2.45) is 10.9 Å². The molecule has 0 radical (unpaired) electrons. The third-order valence-corrected chi connectivity index (χ3v) is 7.49. The lowest BCUT2D eigenvalue weighted by Crippen LogP contribution is -2.39. The Hall–Kier alpha value is -1.91. The topological polar surface area (TPSA) is 90.2 Å². The molecule has 2 aromatic rings. The van der Waals surface area contributed by atoms with Gasteiger partial charge in [0.15, 0.2) is 16.3 Å². The second-order valence-electron chi connectivity index (χ2n) is 6.98. The monoisotopic (exact) mass is 425 g/mol. The molecule has 1 amide bonds. The summed E-state index contributed by atoms with van der Waals surface area (Å²) in [6, 6.07) is 3.88. The van der Waals surface area contributed by atoms with Crippen molar-refractivity contribution in [3.63, 3.8) is 0 Å². The number of nitrogens with zero attached hydrogens (tertiary/aromatic N) is 3. The quantitative estimate of drug-likeness (QED) is 0.745. The molecule has 0 bridgehead atoms. The van der Waals surface area contributed by atoms with E-state index in [1.165, 1.54) is 21.9 Å². The molecular formula is C18H23N3O5S2. The highest BCUT2D eigenvalue weighted by Gasteiger charge is 2.29. The highest BCUT2D eigenvalue weighted by atomic mass is 32.2. The maximum Gasteiger partial charge on any atom is 0.251 e. The number of piperidine rings is 1. The standard InChI is InChI=1S/C18H23N3O5S2/c1-3-21-13-10-14-15(26-9-8-25-14)11-16(13)27-18(21)19-17(22)12-4-6-20(7-5-12)28(2,23)24/h10-12H,3-9H2,1-2H3. The molecule has 3 heterocycles. The van der Waals surface area contributed by atoms with E-state index in [2.05, 4.69) is 4.99 Å². The van der Waals surface area contributed by atoms with Crippen molar-refractivity contribution in [1.82, 2.24) is 8.87 Å². The van der Waals surface area contributed by atoms with Crippen LogP contribution in [0.25, 0.3) is 10.2 Å². The van der Waals surface area contributed by atoms with Gasteiger partial charge in [-0.2, -0.15) is 4.99 Å². The van der Waals surface area contributed by atoms with Crippen LogP contribution in [0.2, 0.25) is 0 Å². The fraction of sp³-hybridized carbons (Fsp3) is 0.556. The van der Waals surface area contributed by atoms with Crippen LogP contribution >= 0.6 is 11.3 Å². The van der Waals surface area contributed by atoms with Gasteiger partial charge in [-0.25, -0.2) is 12.7 Å². The number of hydrogen-bond acceptors (Lipinski definition) is 6. The van der Waals surface area contributed by atoms with Gasteiger partial charge < -0.3 is 14.0 Å². The highest BCUT2D eigenvalue weighted by Crippen LogP contribution is 2.35. The maximum absolute atomic E-state index is 12.7. The zero-order valence-corrected chi connectivity index (χ0v) is 17.5. The van der Waals surface area contributed by atoms with E-state index in [-0.39, 0.29) is 11.8 Å². The molecule has 8 nitrogen and oxygen atoms in total. The summed E-state index contributed by atoms with van der Waals surface area (Å²) in [7, 11) is -3.20. The summed E-state index contributed by atoms with van der Waals surface area (Å²) in [6.45, 7) is 4.48. The predicted octanol–water partition coefficient (Wildman–Crippen LogP) is 1.59. The molecule has 1 aromatic carbocycles. The Balaban J connectivity index is 1.63. The number of ether oxygens (including phenoxy) is 2. The number of carbonyl (C=O) groups is 1. The van der Waals surface area contributed by atoms with Gasteiger partial charge in [-0.15, -0.1) is 0 Å². The number of aromatic nitrogens is 1. The van der Waals surface area contributed by atoms with Gasteiger partial charge in [0, 0.05) is 37.7 Å². The number of aryl methyl sites for hydroxylation is 1. The number of sulfonamides is 1. The fourth-order valence-electron chi connectivity index (χ4n) is 3.62. The third-order valence-electron chi connectivity index (χ3n) is 5.14. The minimum Gasteiger partial charge on any atom is -0.486 e. The molecule has 28 heavy (non-hydrogen) atoms. The van der Waals surface area contributed by atoms with E-state index in [1.54, 1.807) is 0 Å². The Morgan fingerprint density at radius 1 is 1.21 bits per heavy atom. The Morgan fingerprint density at radius 3 is 2.46 bits per heavy atom. The van der Waals surface area contributed by atoms with Crippen molar-refractivity contribution in [3.05, 3.63) is 16.9 Å². The van der Waals surface area contributed by atoms with Gasteiger partial charge in [0.1, 0.15) is 13.2 Å². The molecular weight excluding hydrogens is 402 g/mol. The first-order valence-corrected chi connectivity index (χ1v) is 12.0. The van der Waals surface area contributed by atoms with E-state index in [9.17, 15) is 13.2 Å². The van der Waals surface area contributed by atoms with Crippen LogP contribution < -0.4 is 14.3 Å². The van der Waals surface area contributed by atoms with Crippen molar-refractivity contribution in [2.45, 2.75) is 26.3 Å². The second-order valence-corrected chi connectivity index (χ2v) is 9.97. The van der Waals surface area contributed by atoms with Gasteiger partial charge in [0.2, 0.25) is 10.0 Å². The molecule has 2 aliphatic rings. The molecule has 1 aromatic heterocycles. The van der Waals surface area contributed by atoms with E-state index in [1.807, 2.05) is 23.6 Å². The number of thiazole rings is 1. The molecule has 10 heteroatoms. The van der Waals surface area contributed by atoms with Crippen LogP contribution in [0.5, 0.6) is 11.5 Å². The summed E-state index contributed by atoms with van der Waals surface area (Å²) in [4.78, 5) is 17.8. The molecule has 0 saturated carbocycles. The van der Waals surface area contributed by atoms with Crippen molar-refractivity contribution < 1.29 is 22.7 Å². The van der Waals surface area contributed by atoms with Crippen LogP contribution in [0.1, 0.15) is 19.8 Å². The van der Waals surface area contributed by atoms with E-state index in [4.69, 9.17) is 9.47 Å². The molecule has 152 valence electrons. The zero-order chi connectivity index (χ0) is 19.9. The Bertz CT molecular complexity index is 1080. The number of carbonyl (C=O) groups excluding carboxylic acids is 1. The summed E-state index contributed by atoms with van der Waals surface area (Å²) < 4.78 is 39.0. The SMILES string of the molecule is CCn1c(=NC(=O)C2CCN(S(C)(=O)=O)CC2)sc2cc3c(cc21)OCCO3. The van der Waals surface area contributed by atoms with Gasteiger partial charge in [-0.3, -0.25) is 4.79 Å². The first-order chi connectivity index (χ1) is 13.4. The Kier molecular flexibility index (Phi) is 5.19. The van der Waals surface area contributed by atoms with E-state index in [0.29, 0.717) is 62.0 Å². The van der Waals surface area contributed by atoms with Gasteiger partial charge in [-0.05, 0) is 19.8 Å². The lowest BCUT2D eigenvalue weighted by atomic mass is 9.98. The van der Waals surface area contributed by atoms with Gasteiger partial charge in [0.05, 0.1) is 16.5 Å². The lowest BCUT2D eigenvalue weighted by Gasteiger charge is -2.28. The summed E-state index contributed by atoms with van der Waals surface area (Å²) >= 11 is 1.45. The molecule has 0 spiro atoms. The first kappa shape index (κ1) is 19.4. The first-order valence-electron chi connectivity index (χ1n) is 9.33. The largest absolute Gasteiger partial charge is 0.486 e. The fourth-order valence-corrected chi connectivity index (χ4v) is 5.60. The summed E-state index contributed by atoms with van der Waals surface area (Å²) in [6.07, 6.45) is 2.21. The van der Waals surface area contributed by atoms with Crippen molar-refractivity contribution >= 4 is 37.5 Å². The van der Waals surface area contributed by atoms with E-state index >= 15 is 0 Å². The van der Waals surface area contributed by atoms with Gasteiger partial charge >= 0.3 is 0 Å². The zero-order valence-electron chi connectivity index (χ0n) is 15.9. The predicted molar refractivity (Wildman–Crippen MR) is 106 cm³/mol. The van der Waals surface area contributed by atoms with Gasteiger partial charge in [0.25, 0.3) is 5.91 Å². The summed E-state index contributed by atoms with van der Waals surface area (Å²) in [5.41, 5.74) is 0.968. The Labute approximate surface area is 167 Å². The molecule has 0 N–H and O–H groups in total. The molecule has 2 aliphatic heterocycles. The van der Waals surface area contributed by atoms with Crippen molar-refractivity contribution in [1.29, 1.82) is 0 Å². The average molecular weight is 426 g/mol.